The van der Waals surface area contributed by atoms with Crippen molar-refractivity contribution in [2.24, 2.45) is 0 Å². The van der Waals surface area contributed by atoms with E-state index in [0.29, 0.717) is 11.6 Å². The monoisotopic (exact) mass is 360 g/mol. The van der Waals surface area contributed by atoms with Crippen molar-refractivity contribution in [2.45, 2.75) is 19.4 Å². The van der Waals surface area contributed by atoms with Crippen molar-refractivity contribution >= 4 is 28.7 Å². The maximum absolute atomic E-state index is 12.2. The summed E-state index contributed by atoms with van der Waals surface area (Å²) in [5.41, 5.74) is 1.84. The molecule has 0 bridgehead atoms. The number of ether oxygens (including phenoxy) is 1. The first kappa shape index (κ1) is 17.3. The maximum Gasteiger partial charge on any atom is 0.258 e. The second-order valence-electron chi connectivity index (χ2n) is 5.61. The molecule has 3 rings (SSSR count). The lowest BCUT2D eigenvalue weighted by Crippen LogP contribution is -2.33. The van der Waals surface area contributed by atoms with Gasteiger partial charge in [-0.3, -0.25) is 4.79 Å². The number of nitrogens with zero attached hydrogens (tertiary/aromatic N) is 2. The molecule has 0 aliphatic rings. The van der Waals surface area contributed by atoms with Gasteiger partial charge in [0.1, 0.15) is 11.6 Å². The number of hydrogen-bond donors (Lipinski definition) is 2. The number of hydrogen-bond acceptors (Lipinski definition) is 6. The molecule has 1 atom stereocenters. The molecule has 2 aromatic heterocycles. The van der Waals surface area contributed by atoms with Gasteiger partial charge in [-0.05, 0) is 42.6 Å². The number of benzene rings is 1. The number of rotatable bonds is 8. The summed E-state index contributed by atoms with van der Waals surface area (Å²) >= 11 is 1.72. The normalized spacial score (nSPS) is 12.2. The van der Waals surface area contributed by atoms with E-state index in [1.165, 1.54) is 0 Å². The quantitative estimate of drug-likeness (QED) is 0.642. The molecule has 0 aliphatic carbocycles. The van der Waals surface area contributed by atoms with Crippen LogP contribution >= 0.6 is 11.8 Å². The molecule has 0 spiro atoms. The van der Waals surface area contributed by atoms with Gasteiger partial charge in [0.25, 0.3) is 11.8 Å². The van der Waals surface area contributed by atoms with E-state index in [2.05, 4.69) is 20.4 Å². The van der Waals surface area contributed by atoms with E-state index in [1.54, 1.807) is 24.8 Å². The molecule has 0 aliphatic heterocycles. The molecule has 0 saturated carbocycles. The van der Waals surface area contributed by atoms with E-state index in [1.807, 2.05) is 30.5 Å². The number of amides is 1. The number of nitrogens with one attached hydrogen (secondary N) is 2. The first-order chi connectivity index (χ1) is 12.2. The van der Waals surface area contributed by atoms with Gasteiger partial charge >= 0.3 is 0 Å². The molecule has 0 saturated heterocycles. The van der Waals surface area contributed by atoms with E-state index in [0.717, 1.165) is 29.0 Å². The van der Waals surface area contributed by atoms with Crippen LogP contribution < -0.4 is 10.1 Å². The van der Waals surface area contributed by atoms with Crippen LogP contribution in [-0.4, -0.2) is 39.6 Å². The average molecular weight is 360 g/mol. The van der Waals surface area contributed by atoms with Crippen LogP contribution in [0.3, 0.4) is 0 Å². The molecule has 3 aromatic rings. The molecule has 25 heavy (non-hydrogen) atoms. The summed E-state index contributed by atoms with van der Waals surface area (Å²) in [6.07, 6.45) is 2.81. The van der Waals surface area contributed by atoms with Crippen LogP contribution in [0, 0.1) is 6.92 Å². The van der Waals surface area contributed by atoms with Gasteiger partial charge in [0, 0.05) is 6.07 Å². The van der Waals surface area contributed by atoms with Crippen molar-refractivity contribution in [2.75, 3.05) is 18.6 Å². The maximum atomic E-state index is 12.2. The van der Waals surface area contributed by atoms with E-state index < -0.39 is 0 Å². The molecule has 0 radical (unpaired) electrons. The number of imidazole rings is 1. The summed E-state index contributed by atoms with van der Waals surface area (Å²) in [5, 5.41) is 6.68. The van der Waals surface area contributed by atoms with Crippen molar-refractivity contribution in [1.82, 2.24) is 20.4 Å². The van der Waals surface area contributed by atoms with Gasteiger partial charge in [-0.1, -0.05) is 12.1 Å². The zero-order chi connectivity index (χ0) is 17.6. The number of carbonyl (C=O) groups is 1. The number of aryl methyl sites for hydroxylation is 1. The largest absolute Gasteiger partial charge is 0.465 e. The molecule has 132 valence electrons. The summed E-state index contributed by atoms with van der Waals surface area (Å²) in [6, 6.07) is 9.24. The third-order valence-electron chi connectivity index (χ3n) is 3.64. The number of para-hydroxylation sites is 2. The van der Waals surface area contributed by atoms with Crippen molar-refractivity contribution < 1.29 is 14.1 Å². The fourth-order valence-corrected chi connectivity index (χ4v) is 2.91. The van der Waals surface area contributed by atoms with Gasteiger partial charge < -0.3 is 19.6 Å². The number of aromatic nitrogens is 3. The number of carbonyl (C=O) groups excluding carboxylic acids is 1. The minimum absolute atomic E-state index is 0.123. The molecule has 8 heteroatoms. The second kappa shape index (κ2) is 8.06. The highest BCUT2D eigenvalue weighted by atomic mass is 32.2. The smallest absolute Gasteiger partial charge is 0.258 e. The lowest BCUT2D eigenvalue weighted by atomic mass is 10.2. The molecular formula is C17H20N4O3S. The van der Waals surface area contributed by atoms with Gasteiger partial charge in [0.2, 0.25) is 0 Å². The van der Waals surface area contributed by atoms with Gasteiger partial charge in [-0.2, -0.15) is 11.8 Å². The van der Waals surface area contributed by atoms with Crippen molar-refractivity contribution in [3.8, 4) is 5.88 Å². The van der Waals surface area contributed by atoms with Crippen molar-refractivity contribution in [3.05, 3.63) is 41.9 Å². The number of H-pyrrole nitrogens is 1. The Bertz CT molecular complexity index is 812. The Morgan fingerprint density at radius 1 is 1.44 bits per heavy atom. The fraction of sp³-hybridized carbons (Fsp3) is 0.353. The lowest BCUT2D eigenvalue weighted by molar-refractivity contribution is -0.124. The minimum atomic E-state index is -0.229. The zero-order valence-electron chi connectivity index (χ0n) is 14.1. The third-order valence-corrected chi connectivity index (χ3v) is 4.29. The van der Waals surface area contributed by atoms with Crippen LogP contribution in [0.5, 0.6) is 5.88 Å². The van der Waals surface area contributed by atoms with E-state index in [4.69, 9.17) is 9.26 Å². The highest BCUT2D eigenvalue weighted by molar-refractivity contribution is 7.98. The Morgan fingerprint density at radius 3 is 3.00 bits per heavy atom. The Morgan fingerprint density at radius 2 is 2.28 bits per heavy atom. The number of aromatic amines is 1. The first-order valence-corrected chi connectivity index (χ1v) is 9.34. The zero-order valence-corrected chi connectivity index (χ0v) is 14.9. The van der Waals surface area contributed by atoms with Crippen LogP contribution in [0.4, 0.5) is 0 Å². The van der Waals surface area contributed by atoms with Gasteiger partial charge in [0.15, 0.2) is 6.61 Å². The van der Waals surface area contributed by atoms with Gasteiger partial charge in [0.05, 0.1) is 17.1 Å². The van der Waals surface area contributed by atoms with E-state index in [-0.39, 0.29) is 18.6 Å². The van der Waals surface area contributed by atoms with Gasteiger partial charge in [-0.15, -0.1) is 0 Å². The molecule has 2 heterocycles. The average Bonchev–Trinajstić information content (AvgIpc) is 3.22. The van der Waals surface area contributed by atoms with Crippen LogP contribution in [0.2, 0.25) is 0 Å². The summed E-state index contributed by atoms with van der Waals surface area (Å²) in [5.74, 6) is 2.37. The van der Waals surface area contributed by atoms with E-state index >= 15 is 0 Å². The summed E-state index contributed by atoms with van der Waals surface area (Å²) in [6.45, 7) is 1.64. The van der Waals surface area contributed by atoms with Gasteiger partial charge in [-0.25, -0.2) is 4.98 Å². The summed E-state index contributed by atoms with van der Waals surface area (Å²) in [4.78, 5) is 20.1. The Balaban J connectivity index is 1.66. The first-order valence-electron chi connectivity index (χ1n) is 7.95. The SMILES string of the molecule is CSCCC(NC(=O)COc1cc(C)on1)c1nc2ccccc2[nH]1. The van der Waals surface area contributed by atoms with E-state index in [9.17, 15) is 4.79 Å². The summed E-state index contributed by atoms with van der Waals surface area (Å²) in [7, 11) is 0. The predicted molar refractivity (Wildman–Crippen MR) is 96.7 cm³/mol. The van der Waals surface area contributed by atoms with Crippen LogP contribution in [0.25, 0.3) is 11.0 Å². The highest BCUT2D eigenvalue weighted by Gasteiger charge is 2.18. The molecule has 1 unspecified atom stereocenters. The Labute approximate surface area is 149 Å². The minimum Gasteiger partial charge on any atom is -0.465 e. The van der Waals surface area contributed by atoms with Crippen molar-refractivity contribution in [3.63, 3.8) is 0 Å². The predicted octanol–water partition coefficient (Wildman–Crippen LogP) is 2.85. The molecule has 2 N–H and O–H groups in total. The molecule has 1 aromatic carbocycles. The standard InChI is InChI=1S/C17H20N4O3S/c1-11-9-16(21-24-11)23-10-15(22)18-14(7-8-25-2)17-19-12-5-3-4-6-13(12)20-17/h3-6,9,14H,7-8,10H2,1-2H3,(H,18,22)(H,19,20). The molecule has 1 amide bonds. The molecular weight excluding hydrogens is 340 g/mol. The molecule has 0 fully saturated rings. The second-order valence-corrected chi connectivity index (χ2v) is 6.59. The lowest BCUT2D eigenvalue weighted by Gasteiger charge is -2.16. The summed E-state index contributed by atoms with van der Waals surface area (Å²) < 4.78 is 10.2. The van der Waals surface area contributed by atoms with Crippen molar-refractivity contribution in [1.29, 1.82) is 0 Å². The Hall–Kier alpha value is -2.48. The highest BCUT2D eigenvalue weighted by Crippen LogP contribution is 2.20. The Kier molecular flexibility index (Phi) is 5.60. The number of thioether (sulfide) groups is 1. The number of fused-ring (bicyclic) bond motifs is 1. The topological polar surface area (TPSA) is 93.0 Å². The van der Waals surface area contributed by atoms with Crippen LogP contribution in [0.1, 0.15) is 24.0 Å². The third kappa shape index (κ3) is 4.54. The van der Waals surface area contributed by atoms with Crippen LogP contribution in [-0.2, 0) is 4.79 Å². The molecule has 7 nitrogen and oxygen atoms in total. The fourth-order valence-electron chi connectivity index (χ4n) is 2.44. The van der Waals surface area contributed by atoms with Crippen LogP contribution in [0.15, 0.2) is 34.9 Å².